The highest BCUT2D eigenvalue weighted by atomic mass is 35.5. The van der Waals surface area contributed by atoms with Gasteiger partial charge in [-0.25, -0.2) is 4.98 Å². The van der Waals surface area contributed by atoms with Gasteiger partial charge in [-0.15, -0.1) is 36.2 Å². The Balaban J connectivity index is 0.00000182. The van der Waals surface area contributed by atoms with Crippen LogP contribution in [0.5, 0.6) is 0 Å². The van der Waals surface area contributed by atoms with Crippen LogP contribution in [0.3, 0.4) is 0 Å². The highest BCUT2D eigenvalue weighted by Crippen LogP contribution is 2.18. The molecule has 1 aromatic heterocycles. The maximum absolute atomic E-state index is 12.3. The van der Waals surface area contributed by atoms with Crippen molar-refractivity contribution in [3.8, 4) is 0 Å². The summed E-state index contributed by atoms with van der Waals surface area (Å²) in [6.07, 6.45) is 0.329. The first kappa shape index (κ1) is 23.9. The lowest BCUT2D eigenvalue weighted by molar-refractivity contribution is -0.115. The summed E-state index contributed by atoms with van der Waals surface area (Å²) in [5.74, 6) is -0.00913. The van der Waals surface area contributed by atoms with Gasteiger partial charge in [-0.05, 0) is 38.0 Å². The summed E-state index contributed by atoms with van der Waals surface area (Å²) in [5.41, 5.74) is 4.17. The zero-order chi connectivity index (χ0) is 17.8. The van der Waals surface area contributed by atoms with Gasteiger partial charge in [-0.2, -0.15) is 0 Å². The standard InChI is InChI=1S/C19H26N4OS.2ClH/c1-13-4-5-14(2)17(8-13)22-18(24)9-19-21-16(12-25-19)11-23-7-6-20-10-15(23)3;;/h4-5,8,12,15,20H,6-7,9-11H2,1-3H3,(H,22,24);2*1H/t15-;;/m0../s1. The second-order valence-electron chi connectivity index (χ2n) is 6.80. The van der Waals surface area contributed by atoms with Gasteiger partial charge in [0.1, 0.15) is 5.01 Å². The Hall–Kier alpha value is -1.18. The predicted octanol–water partition coefficient (Wildman–Crippen LogP) is 3.58. The summed E-state index contributed by atoms with van der Waals surface area (Å²) in [6.45, 7) is 10.2. The molecule has 0 bridgehead atoms. The summed E-state index contributed by atoms with van der Waals surface area (Å²) in [5, 5.41) is 9.36. The molecule has 0 aliphatic carbocycles. The van der Waals surface area contributed by atoms with Gasteiger partial charge in [0, 0.05) is 43.3 Å². The number of rotatable bonds is 5. The number of aryl methyl sites for hydroxylation is 2. The number of hydrogen-bond acceptors (Lipinski definition) is 5. The van der Waals surface area contributed by atoms with Gasteiger partial charge in [-0.1, -0.05) is 12.1 Å². The van der Waals surface area contributed by atoms with Crippen molar-refractivity contribution in [2.75, 3.05) is 25.0 Å². The molecule has 8 heteroatoms. The van der Waals surface area contributed by atoms with E-state index in [1.807, 2.05) is 26.0 Å². The fraction of sp³-hybridized carbons (Fsp3) is 0.474. The zero-order valence-corrected chi connectivity index (χ0v) is 18.4. The number of nitrogens with zero attached hydrogens (tertiary/aromatic N) is 2. The van der Waals surface area contributed by atoms with Crippen molar-refractivity contribution in [2.45, 2.75) is 39.8 Å². The predicted molar refractivity (Wildman–Crippen MR) is 118 cm³/mol. The summed E-state index contributed by atoms with van der Waals surface area (Å²) >= 11 is 1.57. The lowest BCUT2D eigenvalue weighted by Crippen LogP contribution is -2.49. The van der Waals surface area contributed by atoms with E-state index in [2.05, 4.69) is 38.9 Å². The lowest BCUT2D eigenvalue weighted by atomic mass is 10.1. The van der Waals surface area contributed by atoms with Gasteiger partial charge in [-0.3, -0.25) is 9.69 Å². The number of anilines is 1. The van der Waals surface area contributed by atoms with Crippen molar-refractivity contribution in [3.05, 3.63) is 45.4 Å². The van der Waals surface area contributed by atoms with Crippen LogP contribution in [-0.2, 0) is 17.8 Å². The Labute approximate surface area is 177 Å². The van der Waals surface area contributed by atoms with E-state index >= 15 is 0 Å². The summed E-state index contributed by atoms with van der Waals surface area (Å²) in [4.78, 5) is 19.4. The van der Waals surface area contributed by atoms with Crippen LogP contribution < -0.4 is 10.6 Å². The molecule has 2 aromatic rings. The zero-order valence-electron chi connectivity index (χ0n) is 15.9. The van der Waals surface area contributed by atoms with Crippen molar-refractivity contribution < 1.29 is 4.79 Å². The van der Waals surface area contributed by atoms with E-state index in [1.165, 1.54) is 0 Å². The number of carbonyl (C=O) groups is 1. The van der Waals surface area contributed by atoms with E-state index in [0.29, 0.717) is 12.5 Å². The molecule has 2 N–H and O–H groups in total. The molecule has 27 heavy (non-hydrogen) atoms. The molecule has 0 radical (unpaired) electrons. The number of thiazole rings is 1. The molecule has 2 heterocycles. The molecule has 1 aliphatic heterocycles. The maximum Gasteiger partial charge on any atom is 0.231 e. The first-order valence-electron chi connectivity index (χ1n) is 8.76. The van der Waals surface area contributed by atoms with Crippen molar-refractivity contribution in [2.24, 2.45) is 0 Å². The number of carbonyl (C=O) groups excluding carboxylic acids is 1. The van der Waals surface area contributed by atoms with Crippen LogP contribution in [-0.4, -0.2) is 41.5 Å². The average molecular weight is 431 g/mol. The second kappa shape index (κ2) is 11.0. The number of benzene rings is 1. The van der Waals surface area contributed by atoms with Crippen molar-refractivity contribution in [3.63, 3.8) is 0 Å². The maximum atomic E-state index is 12.3. The minimum atomic E-state index is -0.00913. The number of hydrogen-bond donors (Lipinski definition) is 2. The molecular formula is C19H28Cl2N4OS. The average Bonchev–Trinajstić information content (AvgIpc) is 3.00. The first-order chi connectivity index (χ1) is 12.0. The highest BCUT2D eigenvalue weighted by molar-refractivity contribution is 7.09. The van der Waals surface area contributed by atoms with E-state index < -0.39 is 0 Å². The molecule has 0 spiro atoms. The highest BCUT2D eigenvalue weighted by Gasteiger charge is 2.19. The van der Waals surface area contributed by atoms with Crippen LogP contribution >= 0.6 is 36.2 Å². The van der Waals surface area contributed by atoms with Gasteiger partial charge >= 0.3 is 0 Å². The minimum absolute atomic E-state index is 0. The fourth-order valence-corrected chi connectivity index (χ4v) is 3.81. The van der Waals surface area contributed by atoms with Crippen LogP contribution in [0.25, 0.3) is 0 Å². The molecule has 150 valence electrons. The quantitative estimate of drug-likeness (QED) is 0.760. The molecule has 1 aliphatic rings. The SMILES string of the molecule is Cc1ccc(C)c(NC(=O)Cc2nc(CN3CCNC[C@@H]3C)cs2)c1.Cl.Cl. The summed E-state index contributed by atoms with van der Waals surface area (Å²) in [6, 6.07) is 6.61. The Morgan fingerprint density at radius 3 is 2.89 bits per heavy atom. The van der Waals surface area contributed by atoms with Crippen molar-refractivity contribution >= 4 is 47.7 Å². The van der Waals surface area contributed by atoms with Crippen LogP contribution in [0.1, 0.15) is 28.8 Å². The van der Waals surface area contributed by atoms with E-state index in [1.54, 1.807) is 11.3 Å². The molecule has 0 unspecified atom stereocenters. The third-order valence-electron chi connectivity index (χ3n) is 4.58. The number of piperazine rings is 1. The molecule has 1 aromatic carbocycles. The fourth-order valence-electron chi connectivity index (χ4n) is 3.03. The van der Waals surface area contributed by atoms with Crippen LogP contribution in [0.2, 0.25) is 0 Å². The molecule has 1 amide bonds. The molecule has 1 fully saturated rings. The van der Waals surface area contributed by atoms with E-state index in [-0.39, 0.29) is 30.7 Å². The Bertz CT molecular complexity index is 753. The van der Waals surface area contributed by atoms with Gasteiger partial charge in [0.15, 0.2) is 0 Å². The molecule has 0 saturated carbocycles. The molecule has 1 atom stereocenters. The van der Waals surface area contributed by atoms with Crippen LogP contribution in [0.4, 0.5) is 5.69 Å². The van der Waals surface area contributed by atoms with Gasteiger partial charge in [0.2, 0.25) is 5.91 Å². The molecule has 5 nitrogen and oxygen atoms in total. The minimum Gasteiger partial charge on any atom is -0.325 e. The van der Waals surface area contributed by atoms with Crippen LogP contribution in [0, 0.1) is 13.8 Å². The van der Waals surface area contributed by atoms with Crippen molar-refractivity contribution in [1.29, 1.82) is 0 Å². The lowest BCUT2D eigenvalue weighted by Gasteiger charge is -2.33. The second-order valence-corrected chi connectivity index (χ2v) is 7.74. The third kappa shape index (κ3) is 6.73. The smallest absolute Gasteiger partial charge is 0.231 e. The number of amides is 1. The number of aromatic nitrogens is 1. The van der Waals surface area contributed by atoms with Gasteiger partial charge in [0.05, 0.1) is 12.1 Å². The topological polar surface area (TPSA) is 57.3 Å². The molecule has 3 rings (SSSR count). The molecule has 1 saturated heterocycles. The monoisotopic (exact) mass is 430 g/mol. The van der Waals surface area contributed by atoms with Gasteiger partial charge in [0.25, 0.3) is 0 Å². The number of nitrogens with one attached hydrogen (secondary N) is 2. The van der Waals surface area contributed by atoms with E-state index in [4.69, 9.17) is 0 Å². The van der Waals surface area contributed by atoms with Crippen molar-refractivity contribution in [1.82, 2.24) is 15.2 Å². The van der Waals surface area contributed by atoms with Crippen LogP contribution in [0.15, 0.2) is 23.6 Å². The summed E-state index contributed by atoms with van der Waals surface area (Å²) in [7, 11) is 0. The normalized spacial score (nSPS) is 16.9. The first-order valence-corrected chi connectivity index (χ1v) is 9.64. The number of halogens is 2. The van der Waals surface area contributed by atoms with Gasteiger partial charge < -0.3 is 10.6 Å². The Morgan fingerprint density at radius 1 is 1.37 bits per heavy atom. The largest absolute Gasteiger partial charge is 0.325 e. The Morgan fingerprint density at radius 2 is 2.15 bits per heavy atom. The van der Waals surface area contributed by atoms with E-state index in [0.717, 1.165) is 53.7 Å². The van der Waals surface area contributed by atoms with E-state index in [9.17, 15) is 4.79 Å². The Kier molecular flexibility index (Phi) is 9.70. The summed E-state index contributed by atoms with van der Waals surface area (Å²) < 4.78 is 0. The molecular weight excluding hydrogens is 403 g/mol. The third-order valence-corrected chi connectivity index (χ3v) is 5.48.